The SMILES string of the molecule is CCC(C)C(C)Nc1ccc([N+](=O)[O-])c(N)c1. The molecular weight excluding hydrogens is 218 g/mol. The number of rotatable bonds is 5. The van der Waals surface area contributed by atoms with Gasteiger partial charge < -0.3 is 11.1 Å². The van der Waals surface area contributed by atoms with E-state index in [1.54, 1.807) is 12.1 Å². The Bertz CT molecular complexity index is 407. The lowest BCUT2D eigenvalue weighted by Crippen LogP contribution is -2.23. The van der Waals surface area contributed by atoms with Crippen LogP contribution in [0.3, 0.4) is 0 Å². The van der Waals surface area contributed by atoms with Gasteiger partial charge in [-0.05, 0) is 25.0 Å². The Kier molecular flexibility index (Phi) is 4.31. The molecule has 0 bridgehead atoms. The Morgan fingerprint density at radius 1 is 1.47 bits per heavy atom. The summed E-state index contributed by atoms with van der Waals surface area (Å²) in [7, 11) is 0. The number of nitro groups is 1. The summed E-state index contributed by atoms with van der Waals surface area (Å²) < 4.78 is 0. The van der Waals surface area contributed by atoms with Crippen LogP contribution in [0.4, 0.5) is 17.1 Å². The van der Waals surface area contributed by atoms with Gasteiger partial charge in [-0.25, -0.2) is 0 Å². The van der Waals surface area contributed by atoms with Gasteiger partial charge in [0.1, 0.15) is 5.69 Å². The van der Waals surface area contributed by atoms with E-state index in [4.69, 9.17) is 5.73 Å². The van der Waals surface area contributed by atoms with Gasteiger partial charge in [-0.2, -0.15) is 0 Å². The van der Waals surface area contributed by atoms with E-state index in [-0.39, 0.29) is 11.4 Å². The summed E-state index contributed by atoms with van der Waals surface area (Å²) in [6.07, 6.45) is 1.08. The normalized spacial score (nSPS) is 14.1. The molecular formula is C12H19N3O2. The summed E-state index contributed by atoms with van der Waals surface area (Å²) in [6.45, 7) is 6.38. The Morgan fingerprint density at radius 3 is 2.59 bits per heavy atom. The van der Waals surface area contributed by atoms with Crippen LogP contribution in [0.1, 0.15) is 27.2 Å². The Labute approximate surface area is 101 Å². The third-order valence-electron chi connectivity index (χ3n) is 3.12. The van der Waals surface area contributed by atoms with Crippen LogP contribution in [0.2, 0.25) is 0 Å². The van der Waals surface area contributed by atoms with Crippen LogP contribution in [0, 0.1) is 16.0 Å². The van der Waals surface area contributed by atoms with E-state index < -0.39 is 4.92 Å². The topological polar surface area (TPSA) is 81.2 Å². The van der Waals surface area contributed by atoms with Crippen molar-refractivity contribution in [2.24, 2.45) is 5.92 Å². The highest BCUT2D eigenvalue weighted by atomic mass is 16.6. The quantitative estimate of drug-likeness (QED) is 0.468. The van der Waals surface area contributed by atoms with Crippen LogP contribution in [0.25, 0.3) is 0 Å². The molecule has 0 fully saturated rings. The zero-order chi connectivity index (χ0) is 13.0. The lowest BCUT2D eigenvalue weighted by atomic mass is 10.0. The van der Waals surface area contributed by atoms with Crippen LogP contribution in [-0.4, -0.2) is 11.0 Å². The first-order chi connectivity index (χ1) is 7.95. The summed E-state index contributed by atoms with van der Waals surface area (Å²) in [5.74, 6) is 0.534. The maximum Gasteiger partial charge on any atom is 0.292 e. The molecule has 0 amide bonds. The molecule has 17 heavy (non-hydrogen) atoms. The lowest BCUT2D eigenvalue weighted by Gasteiger charge is -2.21. The molecule has 5 heteroatoms. The molecule has 1 aromatic rings. The van der Waals surface area contributed by atoms with Crippen molar-refractivity contribution in [3.05, 3.63) is 28.3 Å². The summed E-state index contributed by atoms with van der Waals surface area (Å²) in [5.41, 5.74) is 6.59. The van der Waals surface area contributed by atoms with E-state index in [1.165, 1.54) is 6.07 Å². The highest BCUT2D eigenvalue weighted by Gasteiger charge is 2.13. The molecule has 0 radical (unpaired) electrons. The van der Waals surface area contributed by atoms with E-state index in [0.717, 1.165) is 12.1 Å². The minimum Gasteiger partial charge on any atom is -0.393 e. The number of nitrogens with zero attached hydrogens (tertiary/aromatic N) is 1. The monoisotopic (exact) mass is 237 g/mol. The summed E-state index contributed by atoms with van der Waals surface area (Å²) >= 11 is 0. The van der Waals surface area contributed by atoms with Gasteiger partial charge in [-0.3, -0.25) is 10.1 Å². The maximum atomic E-state index is 10.6. The summed E-state index contributed by atoms with van der Waals surface area (Å²) in [6, 6.07) is 5.03. The van der Waals surface area contributed by atoms with Crippen LogP contribution < -0.4 is 11.1 Å². The zero-order valence-corrected chi connectivity index (χ0v) is 10.4. The fourth-order valence-corrected chi connectivity index (χ4v) is 1.57. The van der Waals surface area contributed by atoms with Gasteiger partial charge in [0.15, 0.2) is 0 Å². The maximum absolute atomic E-state index is 10.6. The van der Waals surface area contributed by atoms with E-state index in [9.17, 15) is 10.1 Å². The number of nitrogens with one attached hydrogen (secondary N) is 1. The molecule has 94 valence electrons. The second-order valence-electron chi connectivity index (χ2n) is 4.35. The van der Waals surface area contributed by atoms with E-state index in [1.807, 2.05) is 0 Å². The first-order valence-corrected chi connectivity index (χ1v) is 5.76. The highest BCUT2D eigenvalue weighted by molar-refractivity contribution is 5.66. The molecule has 5 nitrogen and oxygen atoms in total. The Balaban J connectivity index is 2.81. The molecule has 1 aromatic carbocycles. The minimum atomic E-state index is -0.475. The van der Waals surface area contributed by atoms with Gasteiger partial charge >= 0.3 is 0 Å². The second kappa shape index (κ2) is 5.52. The predicted octanol–water partition coefficient (Wildman–Crippen LogP) is 3.02. The molecule has 0 aliphatic heterocycles. The first kappa shape index (κ1) is 13.3. The number of nitrogens with two attached hydrogens (primary N) is 1. The van der Waals surface area contributed by atoms with Crippen molar-refractivity contribution in [1.29, 1.82) is 0 Å². The number of hydrogen-bond donors (Lipinski definition) is 2. The van der Waals surface area contributed by atoms with Crippen LogP contribution >= 0.6 is 0 Å². The Morgan fingerprint density at radius 2 is 2.12 bits per heavy atom. The van der Waals surface area contributed by atoms with E-state index in [2.05, 4.69) is 26.1 Å². The molecule has 0 saturated heterocycles. The van der Waals surface area contributed by atoms with Gasteiger partial charge in [0, 0.05) is 17.8 Å². The van der Waals surface area contributed by atoms with Gasteiger partial charge in [0.25, 0.3) is 5.69 Å². The number of anilines is 2. The summed E-state index contributed by atoms with van der Waals surface area (Å²) in [5, 5.41) is 13.9. The van der Waals surface area contributed by atoms with E-state index in [0.29, 0.717) is 12.0 Å². The third-order valence-corrected chi connectivity index (χ3v) is 3.12. The van der Waals surface area contributed by atoms with E-state index >= 15 is 0 Å². The minimum absolute atomic E-state index is 0.0493. The Hall–Kier alpha value is -1.78. The van der Waals surface area contributed by atoms with Crippen molar-refractivity contribution in [2.75, 3.05) is 11.1 Å². The molecule has 0 aliphatic carbocycles. The van der Waals surface area contributed by atoms with Crippen molar-refractivity contribution in [3.8, 4) is 0 Å². The predicted molar refractivity (Wildman–Crippen MR) is 70.0 cm³/mol. The summed E-state index contributed by atoms with van der Waals surface area (Å²) in [4.78, 5) is 10.1. The van der Waals surface area contributed by atoms with Gasteiger partial charge in [-0.1, -0.05) is 20.3 Å². The van der Waals surface area contributed by atoms with Crippen molar-refractivity contribution in [2.45, 2.75) is 33.2 Å². The lowest BCUT2D eigenvalue weighted by molar-refractivity contribution is -0.383. The number of benzene rings is 1. The van der Waals surface area contributed by atoms with Crippen LogP contribution in [0.5, 0.6) is 0 Å². The van der Waals surface area contributed by atoms with Crippen molar-refractivity contribution in [3.63, 3.8) is 0 Å². The molecule has 0 heterocycles. The average molecular weight is 237 g/mol. The highest BCUT2D eigenvalue weighted by Crippen LogP contribution is 2.25. The second-order valence-corrected chi connectivity index (χ2v) is 4.35. The molecule has 0 aromatic heterocycles. The number of nitro benzene ring substituents is 1. The zero-order valence-electron chi connectivity index (χ0n) is 10.4. The first-order valence-electron chi connectivity index (χ1n) is 5.76. The smallest absolute Gasteiger partial charge is 0.292 e. The van der Waals surface area contributed by atoms with Gasteiger partial charge in [-0.15, -0.1) is 0 Å². The average Bonchev–Trinajstić information content (AvgIpc) is 2.27. The fraction of sp³-hybridized carbons (Fsp3) is 0.500. The largest absolute Gasteiger partial charge is 0.393 e. The van der Waals surface area contributed by atoms with Crippen molar-refractivity contribution in [1.82, 2.24) is 0 Å². The van der Waals surface area contributed by atoms with Crippen molar-refractivity contribution >= 4 is 17.1 Å². The molecule has 2 atom stereocenters. The standard InChI is InChI=1S/C12H19N3O2/c1-4-8(2)9(3)14-10-5-6-12(15(16)17)11(13)7-10/h5-9,14H,4,13H2,1-3H3. The molecule has 0 saturated carbocycles. The fourth-order valence-electron chi connectivity index (χ4n) is 1.57. The molecule has 2 unspecified atom stereocenters. The number of hydrogen-bond acceptors (Lipinski definition) is 4. The number of nitrogen functional groups attached to an aromatic ring is 1. The third kappa shape index (κ3) is 3.34. The van der Waals surface area contributed by atoms with Gasteiger partial charge in [0.05, 0.1) is 4.92 Å². The van der Waals surface area contributed by atoms with Crippen LogP contribution in [0.15, 0.2) is 18.2 Å². The molecule has 3 N–H and O–H groups in total. The van der Waals surface area contributed by atoms with Gasteiger partial charge in [0.2, 0.25) is 0 Å². The molecule has 0 spiro atoms. The molecule has 0 aliphatic rings. The molecule has 1 rings (SSSR count). The van der Waals surface area contributed by atoms with Crippen molar-refractivity contribution < 1.29 is 4.92 Å². The van der Waals surface area contributed by atoms with Crippen LogP contribution in [-0.2, 0) is 0 Å².